The molecule has 2 aromatic heterocycles. The first-order valence-corrected chi connectivity index (χ1v) is 8.12. The molecule has 11 heteroatoms. The zero-order chi connectivity index (χ0) is 18.8. The molecule has 0 fully saturated rings. The van der Waals surface area contributed by atoms with E-state index < -0.39 is 34.3 Å². The highest BCUT2D eigenvalue weighted by molar-refractivity contribution is 8.00. The first-order valence-electron chi connectivity index (χ1n) is 7.24. The Hall–Kier alpha value is -2.95. The van der Waals surface area contributed by atoms with Gasteiger partial charge in [0, 0.05) is 0 Å². The normalized spacial score (nSPS) is 12.2. The maximum absolute atomic E-state index is 13.6. The fourth-order valence-corrected chi connectivity index (χ4v) is 2.77. The lowest BCUT2D eigenvalue weighted by Crippen LogP contribution is -2.24. The highest BCUT2D eigenvalue weighted by Gasteiger charge is 2.22. The number of anilines is 1. The summed E-state index contributed by atoms with van der Waals surface area (Å²) in [6.07, 6.45) is 1.45. The van der Waals surface area contributed by atoms with E-state index in [1.54, 1.807) is 12.1 Å². The van der Waals surface area contributed by atoms with Crippen molar-refractivity contribution < 1.29 is 22.4 Å². The van der Waals surface area contributed by atoms with Gasteiger partial charge in [0.25, 0.3) is 0 Å². The van der Waals surface area contributed by atoms with E-state index in [1.165, 1.54) is 13.2 Å². The third kappa shape index (κ3) is 3.38. The molecule has 0 aliphatic rings. The lowest BCUT2D eigenvalue weighted by molar-refractivity contribution is -0.115. The molecule has 0 aliphatic carbocycles. The van der Waals surface area contributed by atoms with E-state index in [1.807, 2.05) is 0 Å². The highest BCUT2D eigenvalue weighted by atomic mass is 32.2. The van der Waals surface area contributed by atoms with Crippen molar-refractivity contribution >= 4 is 23.4 Å². The Kier molecular flexibility index (Phi) is 4.89. The number of amides is 1. The van der Waals surface area contributed by atoms with Crippen molar-refractivity contribution in [3.63, 3.8) is 0 Å². The van der Waals surface area contributed by atoms with Gasteiger partial charge in [0.2, 0.25) is 16.9 Å². The van der Waals surface area contributed by atoms with Gasteiger partial charge in [-0.2, -0.15) is 0 Å². The monoisotopic (exact) mass is 383 g/mol. The van der Waals surface area contributed by atoms with Crippen molar-refractivity contribution in [3.05, 3.63) is 48.0 Å². The Labute approximate surface area is 149 Å². The van der Waals surface area contributed by atoms with Gasteiger partial charge in [-0.15, -0.1) is 10.2 Å². The van der Waals surface area contributed by atoms with Gasteiger partial charge in [-0.3, -0.25) is 4.79 Å². The molecule has 2 heterocycles. The van der Waals surface area contributed by atoms with E-state index >= 15 is 0 Å². The summed E-state index contributed by atoms with van der Waals surface area (Å²) in [4.78, 5) is 12.2. The largest absolute Gasteiger partial charge is 0.461 e. The number of nitrogens with two attached hydrogens (primary N) is 1. The molecule has 3 aromatic rings. The summed E-state index contributed by atoms with van der Waals surface area (Å²) in [5.41, 5.74) is -0.466. The van der Waals surface area contributed by atoms with Crippen LogP contribution in [0.15, 0.2) is 40.1 Å². The molecule has 7 nitrogen and oxygen atoms in total. The predicted octanol–water partition coefficient (Wildman–Crippen LogP) is 2.79. The van der Waals surface area contributed by atoms with Crippen LogP contribution in [0.25, 0.3) is 11.6 Å². The fraction of sp³-hybridized carbons (Fsp3) is 0.133. The first-order chi connectivity index (χ1) is 12.4. The highest BCUT2D eigenvalue weighted by Crippen LogP contribution is 2.26. The number of nitrogen functional groups attached to an aromatic ring is 1. The molecule has 0 radical (unpaired) electrons. The van der Waals surface area contributed by atoms with Gasteiger partial charge in [-0.1, -0.05) is 11.8 Å². The van der Waals surface area contributed by atoms with E-state index in [0.29, 0.717) is 5.76 Å². The zero-order valence-corrected chi connectivity index (χ0v) is 14.1. The quantitative estimate of drug-likeness (QED) is 0.399. The molecular weight excluding hydrogens is 371 g/mol. The summed E-state index contributed by atoms with van der Waals surface area (Å²) in [6.45, 7) is 1.51. The van der Waals surface area contributed by atoms with Crippen LogP contribution < -0.4 is 11.2 Å². The first kappa shape index (κ1) is 17.9. The van der Waals surface area contributed by atoms with Crippen LogP contribution in [-0.2, 0) is 4.79 Å². The second-order valence-electron chi connectivity index (χ2n) is 5.13. The van der Waals surface area contributed by atoms with Crippen LogP contribution in [0.5, 0.6) is 0 Å². The van der Waals surface area contributed by atoms with Crippen molar-refractivity contribution in [1.82, 2.24) is 14.9 Å². The molecule has 0 saturated carbocycles. The van der Waals surface area contributed by atoms with Crippen LogP contribution in [0.2, 0.25) is 0 Å². The van der Waals surface area contributed by atoms with Crippen LogP contribution in [0, 0.1) is 17.5 Å². The molecule has 1 aromatic carbocycles. The van der Waals surface area contributed by atoms with Gasteiger partial charge >= 0.3 is 0 Å². The minimum Gasteiger partial charge on any atom is -0.461 e. The Morgan fingerprint density at radius 2 is 2.04 bits per heavy atom. The molecule has 1 atom stereocenters. The number of nitrogens with one attached hydrogen (secondary N) is 1. The lowest BCUT2D eigenvalue weighted by Gasteiger charge is -2.12. The van der Waals surface area contributed by atoms with Gasteiger partial charge in [0.15, 0.2) is 23.2 Å². The zero-order valence-electron chi connectivity index (χ0n) is 13.2. The van der Waals surface area contributed by atoms with Gasteiger partial charge < -0.3 is 15.6 Å². The van der Waals surface area contributed by atoms with E-state index in [9.17, 15) is 18.0 Å². The molecule has 0 saturated heterocycles. The smallest absolute Gasteiger partial charge is 0.237 e. The Bertz CT molecular complexity index is 945. The van der Waals surface area contributed by atoms with Gasteiger partial charge in [0.1, 0.15) is 0 Å². The fourth-order valence-electron chi connectivity index (χ4n) is 2.00. The van der Waals surface area contributed by atoms with Crippen molar-refractivity contribution in [1.29, 1.82) is 0 Å². The topological polar surface area (TPSA) is 99.0 Å². The molecule has 1 amide bonds. The molecule has 0 aliphatic heterocycles. The van der Waals surface area contributed by atoms with E-state index in [0.717, 1.165) is 28.6 Å². The molecule has 0 spiro atoms. The number of benzene rings is 1. The molecule has 3 rings (SSSR count). The summed E-state index contributed by atoms with van der Waals surface area (Å²) < 4.78 is 46.1. The minimum absolute atomic E-state index is 0.213. The summed E-state index contributed by atoms with van der Waals surface area (Å²) in [7, 11) is 0. The Balaban J connectivity index is 1.71. The number of nitrogens with zero attached hydrogens (tertiary/aromatic N) is 3. The molecule has 26 heavy (non-hydrogen) atoms. The molecule has 3 N–H and O–H groups in total. The number of carbonyl (C=O) groups is 1. The van der Waals surface area contributed by atoms with Crippen molar-refractivity contribution in [2.45, 2.75) is 17.3 Å². The summed E-state index contributed by atoms with van der Waals surface area (Å²) in [5, 5.41) is 9.38. The predicted molar refractivity (Wildman–Crippen MR) is 88.1 cm³/mol. The minimum atomic E-state index is -1.66. The number of thioether (sulfide) groups is 1. The number of furan rings is 1. The number of rotatable bonds is 5. The van der Waals surface area contributed by atoms with Crippen molar-refractivity contribution in [3.8, 4) is 11.6 Å². The van der Waals surface area contributed by atoms with Gasteiger partial charge in [-0.25, -0.2) is 17.8 Å². The maximum atomic E-state index is 13.6. The molecule has 0 bridgehead atoms. The lowest BCUT2D eigenvalue weighted by atomic mass is 10.2. The van der Waals surface area contributed by atoms with Crippen LogP contribution in [0.3, 0.4) is 0 Å². The number of hydrogen-bond acceptors (Lipinski definition) is 6. The number of halogens is 3. The Morgan fingerprint density at radius 3 is 2.73 bits per heavy atom. The Morgan fingerprint density at radius 1 is 1.27 bits per heavy atom. The standard InChI is InChI=1S/C15H12F3N5O2S/c1-7(14(24)20-9-5-4-8(16)11(17)12(9)18)26-15-22-21-13(23(15)19)10-3-2-6-25-10/h2-7H,19H2,1H3,(H,20,24). The van der Waals surface area contributed by atoms with Crippen LogP contribution in [0.4, 0.5) is 18.9 Å². The third-order valence-corrected chi connectivity index (χ3v) is 4.41. The average molecular weight is 383 g/mol. The summed E-state index contributed by atoms with van der Waals surface area (Å²) >= 11 is 0.949. The molecule has 1 unspecified atom stereocenters. The van der Waals surface area contributed by atoms with E-state index in [-0.39, 0.29) is 11.0 Å². The van der Waals surface area contributed by atoms with Crippen LogP contribution >= 0.6 is 11.8 Å². The van der Waals surface area contributed by atoms with Crippen molar-refractivity contribution in [2.75, 3.05) is 11.2 Å². The maximum Gasteiger partial charge on any atom is 0.237 e. The number of carbonyl (C=O) groups excluding carboxylic acids is 1. The van der Waals surface area contributed by atoms with E-state index in [4.69, 9.17) is 10.3 Å². The molecule has 136 valence electrons. The second kappa shape index (κ2) is 7.12. The van der Waals surface area contributed by atoms with Gasteiger partial charge in [-0.05, 0) is 31.2 Å². The van der Waals surface area contributed by atoms with Gasteiger partial charge in [0.05, 0.1) is 17.2 Å². The molecular formula is C15H12F3N5O2S. The van der Waals surface area contributed by atoms with Crippen molar-refractivity contribution in [2.24, 2.45) is 0 Å². The summed E-state index contributed by atoms with van der Waals surface area (Å²) in [6, 6.07) is 4.95. The third-order valence-electron chi connectivity index (χ3n) is 3.35. The van der Waals surface area contributed by atoms with E-state index in [2.05, 4.69) is 15.5 Å². The van der Waals surface area contributed by atoms with Crippen LogP contribution in [0.1, 0.15) is 6.92 Å². The number of hydrogen-bond donors (Lipinski definition) is 2. The SMILES string of the molecule is CC(Sc1nnc(-c2ccco2)n1N)C(=O)Nc1ccc(F)c(F)c1F. The van der Waals surface area contributed by atoms with Crippen LogP contribution in [-0.4, -0.2) is 26.0 Å². The number of aromatic nitrogens is 3. The average Bonchev–Trinajstić information content (AvgIpc) is 3.26. The summed E-state index contributed by atoms with van der Waals surface area (Å²) in [5.74, 6) is 1.41. The second-order valence-corrected chi connectivity index (χ2v) is 6.43.